The van der Waals surface area contributed by atoms with Crippen molar-refractivity contribution in [2.45, 2.75) is 69.9 Å². The van der Waals surface area contributed by atoms with Crippen LogP contribution in [0.1, 0.15) is 57.1 Å². The molecule has 2 amide bonds. The maximum Gasteiger partial charge on any atom is 0.243 e. The summed E-state index contributed by atoms with van der Waals surface area (Å²) in [5.41, 5.74) is 2.74. The number of nitrogens with one attached hydrogen (secondary N) is 1. The van der Waals surface area contributed by atoms with Crippen LogP contribution in [-0.4, -0.2) is 50.3 Å². The molecule has 0 bridgehead atoms. The average molecular weight is 540 g/mol. The molecule has 0 radical (unpaired) electrons. The van der Waals surface area contributed by atoms with Gasteiger partial charge in [0, 0.05) is 43.2 Å². The van der Waals surface area contributed by atoms with Crippen LogP contribution in [0.2, 0.25) is 0 Å². The van der Waals surface area contributed by atoms with E-state index in [9.17, 15) is 18.0 Å². The third-order valence-electron chi connectivity index (χ3n) is 8.12. The fraction of sp³-hybridized carbons (Fsp3) is 0.517. The van der Waals surface area contributed by atoms with Crippen molar-refractivity contribution in [1.82, 2.24) is 9.62 Å². The fourth-order valence-corrected chi connectivity index (χ4v) is 7.19. The minimum absolute atomic E-state index is 0.0351. The first-order valence-electron chi connectivity index (χ1n) is 13.7. The molecule has 204 valence electrons. The largest absolute Gasteiger partial charge is 0.494 e. The number of ether oxygens (including phenoxy) is 1. The van der Waals surface area contributed by atoms with Gasteiger partial charge in [0.15, 0.2) is 0 Å². The lowest BCUT2D eigenvalue weighted by Gasteiger charge is -2.32. The predicted octanol–water partition coefficient (Wildman–Crippen LogP) is 3.88. The molecule has 1 saturated carbocycles. The zero-order valence-corrected chi connectivity index (χ0v) is 23.0. The SMILES string of the molecule is CCOc1ccc(CNC(=O)C2CCN(S(=O)(=O)c3ccc4c(c3)C[C@@H](C)N4C(=O)C3CCC3)CC2)cc1. The monoisotopic (exact) mass is 539 g/mol. The van der Waals surface area contributed by atoms with Gasteiger partial charge in [0.2, 0.25) is 21.8 Å². The van der Waals surface area contributed by atoms with Gasteiger partial charge in [-0.15, -0.1) is 0 Å². The highest BCUT2D eigenvalue weighted by atomic mass is 32.2. The van der Waals surface area contributed by atoms with Gasteiger partial charge in [0.25, 0.3) is 0 Å². The Bertz CT molecular complexity index is 1280. The van der Waals surface area contributed by atoms with Crippen LogP contribution in [0.4, 0.5) is 5.69 Å². The van der Waals surface area contributed by atoms with Gasteiger partial charge in [-0.1, -0.05) is 18.6 Å². The maximum absolute atomic E-state index is 13.4. The number of carbonyl (C=O) groups excluding carboxylic acids is 2. The number of hydrogen-bond acceptors (Lipinski definition) is 5. The quantitative estimate of drug-likeness (QED) is 0.549. The summed E-state index contributed by atoms with van der Waals surface area (Å²) >= 11 is 0. The van der Waals surface area contributed by atoms with Crippen LogP contribution < -0.4 is 15.0 Å². The summed E-state index contributed by atoms with van der Waals surface area (Å²) < 4.78 is 33.8. The molecule has 2 fully saturated rings. The number of hydrogen-bond donors (Lipinski definition) is 1. The highest BCUT2D eigenvalue weighted by molar-refractivity contribution is 7.89. The third-order valence-corrected chi connectivity index (χ3v) is 10.0. The van der Waals surface area contributed by atoms with Crippen molar-refractivity contribution in [2.75, 3.05) is 24.6 Å². The first-order valence-corrected chi connectivity index (χ1v) is 15.2. The Labute approximate surface area is 225 Å². The molecular weight excluding hydrogens is 502 g/mol. The van der Waals surface area contributed by atoms with E-state index in [4.69, 9.17) is 4.74 Å². The lowest BCUT2D eigenvalue weighted by molar-refractivity contribution is -0.126. The molecule has 1 N–H and O–H groups in total. The van der Waals surface area contributed by atoms with Crippen molar-refractivity contribution in [1.29, 1.82) is 0 Å². The van der Waals surface area contributed by atoms with Crippen molar-refractivity contribution in [3.05, 3.63) is 53.6 Å². The Morgan fingerprint density at radius 2 is 1.71 bits per heavy atom. The second-order valence-corrected chi connectivity index (χ2v) is 12.6. The molecule has 38 heavy (non-hydrogen) atoms. The molecule has 2 aliphatic heterocycles. The van der Waals surface area contributed by atoms with Crippen LogP contribution in [0.3, 0.4) is 0 Å². The van der Waals surface area contributed by atoms with Gasteiger partial charge < -0.3 is 15.0 Å². The Hall–Kier alpha value is -2.91. The average Bonchev–Trinajstić information content (AvgIpc) is 3.22. The molecule has 2 aromatic rings. The van der Waals surface area contributed by atoms with Crippen molar-refractivity contribution < 1.29 is 22.7 Å². The van der Waals surface area contributed by atoms with Crippen LogP contribution in [0.25, 0.3) is 0 Å². The zero-order valence-electron chi connectivity index (χ0n) is 22.2. The van der Waals surface area contributed by atoms with E-state index in [0.29, 0.717) is 45.5 Å². The van der Waals surface area contributed by atoms with E-state index < -0.39 is 10.0 Å². The van der Waals surface area contributed by atoms with E-state index in [1.807, 2.05) is 43.0 Å². The molecule has 9 heteroatoms. The van der Waals surface area contributed by atoms with E-state index in [0.717, 1.165) is 41.8 Å². The van der Waals surface area contributed by atoms with Crippen LogP contribution in [-0.2, 0) is 32.6 Å². The van der Waals surface area contributed by atoms with E-state index in [-0.39, 0.29) is 34.6 Å². The number of amides is 2. The number of nitrogens with zero attached hydrogens (tertiary/aromatic N) is 2. The number of benzene rings is 2. The molecule has 5 rings (SSSR count). The van der Waals surface area contributed by atoms with Crippen LogP contribution >= 0.6 is 0 Å². The summed E-state index contributed by atoms with van der Waals surface area (Å²) in [6.07, 6.45) is 4.62. The number of carbonyl (C=O) groups is 2. The number of fused-ring (bicyclic) bond motifs is 1. The predicted molar refractivity (Wildman–Crippen MR) is 145 cm³/mol. The minimum atomic E-state index is -3.68. The van der Waals surface area contributed by atoms with Gasteiger partial charge in [-0.3, -0.25) is 9.59 Å². The van der Waals surface area contributed by atoms with Crippen molar-refractivity contribution in [2.24, 2.45) is 11.8 Å². The molecule has 2 aromatic carbocycles. The van der Waals surface area contributed by atoms with Crippen molar-refractivity contribution in [3.63, 3.8) is 0 Å². The molecule has 1 saturated heterocycles. The molecule has 0 unspecified atom stereocenters. The van der Waals surface area contributed by atoms with Gasteiger partial charge in [-0.05, 0) is 87.4 Å². The summed E-state index contributed by atoms with van der Waals surface area (Å²) in [6.45, 7) is 5.61. The Morgan fingerprint density at radius 3 is 2.34 bits per heavy atom. The van der Waals surface area contributed by atoms with Gasteiger partial charge in [-0.25, -0.2) is 8.42 Å². The van der Waals surface area contributed by atoms with Crippen molar-refractivity contribution in [3.8, 4) is 5.75 Å². The molecular formula is C29H37N3O5S. The molecule has 0 aromatic heterocycles. The van der Waals surface area contributed by atoms with Crippen LogP contribution in [0.5, 0.6) is 5.75 Å². The Kier molecular flexibility index (Phi) is 7.77. The fourth-order valence-electron chi connectivity index (χ4n) is 5.67. The molecule has 1 atom stereocenters. The number of sulfonamides is 1. The number of piperidine rings is 1. The van der Waals surface area contributed by atoms with Gasteiger partial charge in [0.05, 0.1) is 11.5 Å². The van der Waals surface area contributed by atoms with Gasteiger partial charge >= 0.3 is 0 Å². The first kappa shape index (κ1) is 26.7. The summed E-state index contributed by atoms with van der Waals surface area (Å²) in [6, 6.07) is 12.8. The van der Waals surface area contributed by atoms with Crippen LogP contribution in [0, 0.1) is 11.8 Å². The standard InChI is InChI=1S/C29H37N3O5S/c1-3-37-25-9-7-21(8-10-25)19-30-28(33)22-13-15-31(16-14-22)38(35,36)26-11-12-27-24(18-26)17-20(2)32(27)29(34)23-5-4-6-23/h7-12,18,20,22-23H,3-6,13-17,19H2,1-2H3,(H,30,33)/t20-/m1/s1. The van der Waals surface area contributed by atoms with E-state index >= 15 is 0 Å². The molecule has 8 nitrogen and oxygen atoms in total. The van der Waals surface area contributed by atoms with Crippen molar-refractivity contribution >= 4 is 27.5 Å². The zero-order chi connectivity index (χ0) is 26.9. The molecule has 2 heterocycles. The summed E-state index contributed by atoms with van der Waals surface area (Å²) in [4.78, 5) is 27.8. The smallest absolute Gasteiger partial charge is 0.243 e. The van der Waals surface area contributed by atoms with E-state index in [1.54, 1.807) is 18.2 Å². The third kappa shape index (κ3) is 5.31. The summed E-state index contributed by atoms with van der Waals surface area (Å²) in [7, 11) is -3.68. The highest BCUT2D eigenvalue weighted by Crippen LogP contribution is 2.38. The normalized spacial score (nSPS) is 20.6. The topological polar surface area (TPSA) is 96.0 Å². The number of anilines is 1. The lowest BCUT2D eigenvalue weighted by Crippen LogP contribution is -2.43. The van der Waals surface area contributed by atoms with E-state index in [1.165, 1.54) is 4.31 Å². The highest BCUT2D eigenvalue weighted by Gasteiger charge is 2.38. The van der Waals surface area contributed by atoms with Crippen LogP contribution in [0.15, 0.2) is 47.4 Å². The molecule has 3 aliphatic rings. The van der Waals surface area contributed by atoms with E-state index in [2.05, 4.69) is 5.32 Å². The first-order chi connectivity index (χ1) is 18.3. The maximum atomic E-state index is 13.4. The van der Waals surface area contributed by atoms with Gasteiger partial charge in [-0.2, -0.15) is 4.31 Å². The molecule has 0 spiro atoms. The van der Waals surface area contributed by atoms with Gasteiger partial charge in [0.1, 0.15) is 5.75 Å². The Balaban J connectivity index is 1.17. The summed E-state index contributed by atoms with van der Waals surface area (Å²) in [5.74, 6) is 0.815. The second-order valence-electron chi connectivity index (χ2n) is 10.7. The lowest BCUT2D eigenvalue weighted by atomic mass is 9.84. The minimum Gasteiger partial charge on any atom is -0.494 e. The molecule has 1 aliphatic carbocycles. The second kappa shape index (κ2) is 11.1. The Morgan fingerprint density at radius 1 is 1.00 bits per heavy atom. The summed E-state index contributed by atoms with van der Waals surface area (Å²) in [5, 5.41) is 2.99. The number of rotatable bonds is 8.